The van der Waals surface area contributed by atoms with Gasteiger partial charge in [-0.2, -0.15) is 0 Å². The van der Waals surface area contributed by atoms with Crippen molar-refractivity contribution in [2.75, 3.05) is 0 Å². The highest BCUT2D eigenvalue weighted by Gasteiger charge is 2.50. The molecule has 0 N–H and O–H groups in total. The average Bonchev–Trinajstić information content (AvgIpc) is 3.09. The van der Waals surface area contributed by atoms with E-state index >= 15 is 0 Å². The molecule has 0 fully saturated rings. The Labute approximate surface area is 209 Å². The van der Waals surface area contributed by atoms with E-state index in [2.05, 4.69) is 123 Å². The largest absolute Gasteiger partial charge is 0.106 e. The van der Waals surface area contributed by atoms with Gasteiger partial charge in [0.15, 0.2) is 0 Å². The third-order valence-corrected chi connectivity index (χ3v) is 5.01. The van der Waals surface area contributed by atoms with E-state index in [9.17, 15) is 0 Å². The number of hydrogen-bond acceptors (Lipinski definition) is 0. The lowest BCUT2D eigenvalue weighted by molar-refractivity contribution is 0.361. The smallest absolute Gasteiger partial charge is 0.0458 e. The number of rotatable bonds is 7. The van der Waals surface area contributed by atoms with Crippen LogP contribution in [-0.2, 0) is 0 Å². The molecule has 0 aromatic rings. The van der Waals surface area contributed by atoms with E-state index in [0.29, 0.717) is 0 Å². The van der Waals surface area contributed by atoms with Crippen LogP contribution in [0.5, 0.6) is 0 Å². The molecule has 0 amide bonds. The van der Waals surface area contributed by atoms with Gasteiger partial charge in [0.25, 0.3) is 0 Å². The van der Waals surface area contributed by atoms with Gasteiger partial charge in [0.05, 0.1) is 0 Å². The van der Waals surface area contributed by atoms with Gasteiger partial charge in [-0.3, -0.25) is 0 Å². The summed E-state index contributed by atoms with van der Waals surface area (Å²) in [6.07, 6.45) is 22.4. The molecule has 0 heterocycles. The van der Waals surface area contributed by atoms with Gasteiger partial charge in [-0.1, -0.05) is 129 Å². The van der Waals surface area contributed by atoms with E-state index < -0.39 is 0 Å². The zero-order valence-electron chi connectivity index (χ0n) is 24.3. The third-order valence-electron chi connectivity index (χ3n) is 5.01. The number of allylic oxidation sites excluding steroid dienone is 14. The second kappa shape index (κ2) is 22.8. The number of hydrogen-bond donors (Lipinski definition) is 0. The summed E-state index contributed by atoms with van der Waals surface area (Å²) >= 11 is 0. The van der Waals surface area contributed by atoms with Crippen molar-refractivity contribution in [3.63, 3.8) is 0 Å². The Morgan fingerprint density at radius 2 is 1.18 bits per heavy atom. The van der Waals surface area contributed by atoms with Gasteiger partial charge in [0.2, 0.25) is 0 Å². The Bertz CT molecular complexity index is 698. The van der Waals surface area contributed by atoms with Gasteiger partial charge in [0.1, 0.15) is 0 Å². The van der Waals surface area contributed by atoms with Crippen molar-refractivity contribution in [1.29, 1.82) is 0 Å². The van der Waals surface area contributed by atoms with Gasteiger partial charge < -0.3 is 0 Å². The van der Waals surface area contributed by atoms with E-state index in [1.807, 2.05) is 47.6 Å². The van der Waals surface area contributed by atoms with Crippen LogP contribution in [0.15, 0.2) is 109 Å². The fraction of sp³-hybridized carbons (Fsp3) is 0.455. The highest BCUT2D eigenvalue weighted by atomic mass is 14.5. The van der Waals surface area contributed by atoms with Crippen LogP contribution in [0.4, 0.5) is 0 Å². The fourth-order valence-electron chi connectivity index (χ4n) is 4.21. The summed E-state index contributed by atoms with van der Waals surface area (Å²) in [5.74, 6) is 0. The van der Waals surface area contributed by atoms with Gasteiger partial charge in [-0.15, -0.1) is 13.2 Å². The molecule has 0 saturated heterocycles. The minimum atomic E-state index is -0.206. The highest BCUT2D eigenvalue weighted by molar-refractivity contribution is 5.61. The van der Waals surface area contributed by atoms with E-state index in [0.717, 1.165) is 6.42 Å². The van der Waals surface area contributed by atoms with Gasteiger partial charge in [-0.05, 0) is 61.8 Å². The van der Waals surface area contributed by atoms with Crippen molar-refractivity contribution >= 4 is 0 Å². The molecule has 188 valence electrons. The summed E-state index contributed by atoms with van der Waals surface area (Å²) in [6, 6.07) is 0. The van der Waals surface area contributed by atoms with Crippen molar-refractivity contribution < 1.29 is 0 Å². The first kappa shape index (κ1) is 37.9. The van der Waals surface area contributed by atoms with Gasteiger partial charge >= 0.3 is 0 Å². The molecule has 0 bridgehead atoms. The molecule has 1 rings (SSSR count). The maximum absolute atomic E-state index is 4.20. The summed E-state index contributed by atoms with van der Waals surface area (Å²) in [5, 5.41) is 0. The summed E-state index contributed by atoms with van der Waals surface area (Å²) < 4.78 is 0. The molecule has 0 aromatic heterocycles. The predicted octanol–water partition coefficient (Wildman–Crippen LogP) is 11.6. The monoisotopic (exact) mass is 452 g/mol. The quantitative estimate of drug-likeness (QED) is 0.266. The van der Waals surface area contributed by atoms with Crippen LogP contribution < -0.4 is 0 Å². The first-order valence-electron chi connectivity index (χ1n) is 12.6. The van der Waals surface area contributed by atoms with Gasteiger partial charge in [0, 0.05) is 5.41 Å². The van der Waals surface area contributed by atoms with Crippen LogP contribution in [0.2, 0.25) is 0 Å². The van der Waals surface area contributed by atoms with E-state index in [1.165, 1.54) is 22.3 Å². The fourth-order valence-corrected chi connectivity index (χ4v) is 4.21. The molecule has 1 atom stereocenters. The molecule has 0 aromatic carbocycles. The van der Waals surface area contributed by atoms with Crippen molar-refractivity contribution in [3.05, 3.63) is 109 Å². The lowest BCUT2D eigenvalue weighted by Crippen LogP contribution is -2.26. The van der Waals surface area contributed by atoms with E-state index in [-0.39, 0.29) is 10.8 Å². The Kier molecular flexibility index (Phi) is 26.3. The predicted molar refractivity (Wildman–Crippen MR) is 160 cm³/mol. The lowest BCUT2D eigenvalue weighted by Gasteiger charge is -2.37. The first-order valence-corrected chi connectivity index (χ1v) is 12.6. The van der Waals surface area contributed by atoms with E-state index in [4.69, 9.17) is 0 Å². The molecule has 1 aliphatic rings. The van der Waals surface area contributed by atoms with Crippen LogP contribution in [0, 0.1) is 10.8 Å². The summed E-state index contributed by atoms with van der Waals surface area (Å²) in [7, 11) is 0. The Hall–Kier alpha value is -2.34. The molecule has 1 aliphatic carbocycles. The van der Waals surface area contributed by atoms with Crippen molar-refractivity contribution in [2.24, 2.45) is 10.8 Å². The van der Waals surface area contributed by atoms with Crippen LogP contribution in [0.3, 0.4) is 0 Å². The Morgan fingerprint density at radius 3 is 1.52 bits per heavy atom. The average molecular weight is 453 g/mol. The van der Waals surface area contributed by atoms with Crippen LogP contribution in [0.25, 0.3) is 0 Å². The molecule has 0 aliphatic heterocycles. The summed E-state index contributed by atoms with van der Waals surface area (Å²) in [5.41, 5.74) is 5.10. The second-order valence-corrected chi connectivity index (χ2v) is 7.10. The molecular formula is C33H56. The second-order valence-electron chi connectivity index (χ2n) is 7.10. The van der Waals surface area contributed by atoms with Crippen molar-refractivity contribution in [2.45, 2.75) is 89.5 Å². The Balaban J connectivity index is -0.000000472. The molecule has 0 heteroatoms. The standard InChI is InChI=1S/C25H34.3C2H6.C2H4/c1-9-15-20(13-5)25(21(16-10-2)17-11-3)19-24(7,8)23(18-12-4)22(25)14-6;4*1-2/h9-18H,2,6,19H2,1,3-5,7-8H3;3*1-2H3;1-2H2/b15-9-,17-11-,18-12-,20-13+,21-16+;;;;. The molecule has 1 unspecified atom stereocenters. The lowest BCUT2D eigenvalue weighted by atomic mass is 9.66. The van der Waals surface area contributed by atoms with Crippen molar-refractivity contribution in [3.8, 4) is 0 Å². The zero-order valence-corrected chi connectivity index (χ0v) is 24.3. The van der Waals surface area contributed by atoms with Crippen LogP contribution in [0.1, 0.15) is 89.5 Å². The SMILES string of the molecule is C=C.C=C/C=C(\C=C/C)C1(C(/C=C\C)=C/C)CC(C)(C)C(/C=C\C)=C1C=C.CC.CC.CC. The summed E-state index contributed by atoms with van der Waals surface area (Å²) in [6.45, 7) is 39.2. The van der Waals surface area contributed by atoms with Crippen LogP contribution >= 0.6 is 0 Å². The minimum absolute atomic E-state index is 0.0632. The molecule has 0 saturated carbocycles. The summed E-state index contributed by atoms with van der Waals surface area (Å²) in [4.78, 5) is 0. The Morgan fingerprint density at radius 1 is 0.727 bits per heavy atom. The third kappa shape index (κ3) is 9.99. The van der Waals surface area contributed by atoms with Crippen molar-refractivity contribution in [1.82, 2.24) is 0 Å². The molecular weight excluding hydrogens is 396 g/mol. The molecule has 0 spiro atoms. The molecule has 0 nitrogen and oxygen atoms in total. The topological polar surface area (TPSA) is 0 Å². The first-order chi connectivity index (χ1) is 15.9. The normalized spacial score (nSPS) is 19.5. The highest BCUT2D eigenvalue weighted by Crippen LogP contribution is 2.61. The molecule has 33 heavy (non-hydrogen) atoms. The molecule has 0 radical (unpaired) electrons. The zero-order chi connectivity index (χ0) is 27.1. The van der Waals surface area contributed by atoms with Crippen LogP contribution in [-0.4, -0.2) is 0 Å². The maximum atomic E-state index is 4.20. The maximum Gasteiger partial charge on any atom is 0.0458 e. The van der Waals surface area contributed by atoms with Gasteiger partial charge in [-0.25, -0.2) is 0 Å². The minimum Gasteiger partial charge on any atom is -0.106 e. The van der Waals surface area contributed by atoms with E-state index in [1.54, 1.807) is 0 Å².